The molecule has 0 radical (unpaired) electrons. The molecule has 2 amide bonds. The number of fused-ring (bicyclic) bond motifs is 1. The van der Waals surface area contributed by atoms with Crippen molar-refractivity contribution in [1.82, 2.24) is 10.6 Å². The van der Waals surface area contributed by atoms with Gasteiger partial charge in [-0.2, -0.15) is 0 Å². The number of nitrogens with one attached hydrogen (secondary N) is 2. The monoisotopic (exact) mass is 323 g/mol. The Morgan fingerprint density at radius 3 is 2.65 bits per heavy atom. The average Bonchev–Trinajstić information content (AvgIpc) is 3.07. The van der Waals surface area contributed by atoms with Crippen molar-refractivity contribution in [2.45, 2.75) is 43.7 Å². The van der Waals surface area contributed by atoms with Crippen molar-refractivity contribution in [2.24, 2.45) is 23.5 Å². The van der Waals surface area contributed by atoms with Crippen LogP contribution >= 0.6 is 0 Å². The van der Waals surface area contributed by atoms with Crippen LogP contribution in [0.4, 0.5) is 0 Å². The van der Waals surface area contributed by atoms with Gasteiger partial charge in [-0.3, -0.25) is 14.4 Å². The molecule has 2 aliphatic carbocycles. The van der Waals surface area contributed by atoms with E-state index in [1.807, 2.05) is 0 Å². The number of carbonyl (C=O) groups excluding carboxylic acids is 3. The highest BCUT2D eigenvalue weighted by Gasteiger charge is 2.60. The number of carbonyl (C=O) groups is 3. The molecule has 0 bridgehead atoms. The van der Waals surface area contributed by atoms with E-state index in [1.165, 1.54) is 7.11 Å². The second kappa shape index (κ2) is 6.20. The zero-order valence-electron chi connectivity index (χ0n) is 13.5. The summed E-state index contributed by atoms with van der Waals surface area (Å²) in [5.41, 5.74) is 4.56. The van der Waals surface area contributed by atoms with E-state index < -0.39 is 29.1 Å². The number of primary amides is 1. The number of methoxy groups -OCH3 is 1. The molecular weight excluding hydrogens is 298 g/mol. The number of rotatable bonds is 7. The van der Waals surface area contributed by atoms with Gasteiger partial charge in [0, 0.05) is 13.2 Å². The molecule has 4 N–H and O–H groups in total. The summed E-state index contributed by atoms with van der Waals surface area (Å²) < 4.78 is 5.18. The Hall–Kier alpha value is -1.47. The van der Waals surface area contributed by atoms with Crippen LogP contribution in [-0.2, 0) is 19.1 Å². The Morgan fingerprint density at radius 2 is 2.04 bits per heavy atom. The van der Waals surface area contributed by atoms with E-state index in [2.05, 4.69) is 10.6 Å². The molecule has 1 saturated heterocycles. The molecule has 3 unspecified atom stereocenters. The summed E-state index contributed by atoms with van der Waals surface area (Å²) in [6.45, 7) is 0.668. The number of Topliss-reactive ketones (excluding diaryl/α,β-unsaturated/α-hetero) is 1. The van der Waals surface area contributed by atoms with Crippen molar-refractivity contribution < 1.29 is 19.1 Å². The molecule has 4 atom stereocenters. The van der Waals surface area contributed by atoms with Gasteiger partial charge < -0.3 is 21.1 Å². The molecule has 0 spiro atoms. The van der Waals surface area contributed by atoms with Crippen molar-refractivity contribution in [1.29, 1.82) is 0 Å². The van der Waals surface area contributed by atoms with Gasteiger partial charge in [0.15, 0.2) is 0 Å². The van der Waals surface area contributed by atoms with Crippen LogP contribution in [0.5, 0.6) is 0 Å². The first-order valence-corrected chi connectivity index (χ1v) is 8.39. The van der Waals surface area contributed by atoms with Crippen LogP contribution in [0.3, 0.4) is 0 Å². The summed E-state index contributed by atoms with van der Waals surface area (Å²) in [6, 6.07) is 0.0925. The summed E-state index contributed by atoms with van der Waals surface area (Å²) in [5.74, 6) is -2.33. The zero-order valence-corrected chi connectivity index (χ0v) is 13.5. The lowest BCUT2D eigenvalue weighted by Gasteiger charge is -2.38. The third-order valence-corrected chi connectivity index (χ3v) is 5.64. The predicted octanol–water partition coefficient (Wildman–Crippen LogP) is -0.660. The molecular formula is C16H25N3O4. The summed E-state index contributed by atoms with van der Waals surface area (Å²) in [5, 5.41) is 5.91. The highest BCUT2D eigenvalue weighted by molar-refractivity contribution is 6.38. The maximum absolute atomic E-state index is 12.7. The molecule has 2 saturated carbocycles. The van der Waals surface area contributed by atoms with Crippen molar-refractivity contribution in [3.63, 3.8) is 0 Å². The third-order valence-electron chi connectivity index (χ3n) is 5.64. The average molecular weight is 323 g/mol. The first-order valence-electron chi connectivity index (χ1n) is 8.39. The van der Waals surface area contributed by atoms with Gasteiger partial charge in [0.05, 0.1) is 12.5 Å². The topological polar surface area (TPSA) is 111 Å². The van der Waals surface area contributed by atoms with Crippen molar-refractivity contribution >= 4 is 17.6 Å². The van der Waals surface area contributed by atoms with Crippen LogP contribution in [0.2, 0.25) is 0 Å². The van der Waals surface area contributed by atoms with Gasteiger partial charge in [-0.05, 0) is 44.1 Å². The highest BCUT2D eigenvalue weighted by atomic mass is 16.5. The third kappa shape index (κ3) is 2.76. The van der Waals surface area contributed by atoms with Crippen LogP contribution in [0.15, 0.2) is 0 Å². The fraction of sp³-hybridized carbons (Fsp3) is 0.812. The van der Waals surface area contributed by atoms with Gasteiger partial charge in [-0.1, -0.05) is 6.42 Å². The fourth-order valence-corrected chi connectivity index (χ4v) is 4.36. The van der Waals surface area contributed by atoms with Crippen LogP contribution in [-0.4, -0.2) is 49.4 Å². The molecule has 0 aromatic carbocycles. The summed E-state index contributed by atoms with van der Waals surface area (Å²) in [6.07, 6.45) is 4.69. The van der Waals surface area contributed by atoms with Crippen molar-refractivity contribution in [3.8, 4) is 0 Å². The smallest absolute Gasteiger partial charge is 0.288 e. The van der Waals surface area contributed by atoms with E-state index in [9.17, 15) is 14.4 Å². The molecule has 3 rings (SSSR count). The second-order valence-electron chi connectivity index (χ2n) is 7.03. The number of ether oxygens (including phenoxy) is 1. The van der Waals surface area contributed by atoms with Gasteiger partial charge in [-0.15, -0.1) is 0 Å². The number of amides is 2. The maximum Gasteiger partial charge on any atom is 0.288 e. The number of ketones is 1. The first-order chi connectivity index (χ1) is 11.0. The minimum Gasteiger partial charge on any atom is -0.384 e. The normalized spacial score (nSPS) is 34.0. The van der Waals surface area contributed by atoms with E-state index in [0.717, 1.165) is 32.1 Å². The Morgan fingerprint density at radius 1 is 1.30 bits per heavy atom. The Bertz CT molecular complexity index is 519. The van der Waals surface area contributed by atoms with Crippen molar-refractivity contribution in [3.05, 3.63) is 0 Å². The summed E-state index contributed by atoms with van der Waals surface area (Å²) in [7, 11) is 1.47. The van der Waals surface area contributed by atoms with Gasteiger partial charge in [-0.25, -0.2) is 0 Å². The molecule has 3 fully saturated rings. The Labute approximate surface area is 135 Å². The van der Waals surface area contributed by atoms with Crippen molar-refractivity contribution in [2.75, 3.05) is 20.3 Å². The standard InChI is InChI=1S/C16H25N3O4/c1-23-8-12(13(20)14(21)19-10-5-6-10)16(15(17)22)11-4-2-3-9(11)7-18-16/h9-12,18H,2-8H2,1H3,(H2,17,22)(H,19,21)/t9?,11?,12-,16?/m0/s1. The van der Waals surface area contributed by atoms with E-state index in [1.54, 1.807) is 0 Å². The molecule has 0 aromatic heterocycles. The van der Waals surface area contributed by atoms with Gasteiger partial charge in [0.25, 0.3) is 5.91 Å². The van der Waals surface area contributed by atoms with Crippen LogP contribution < -0.4 is 16.4 Å². The van der Waals surface area contributed by atoms with E-state index >= 15 is 0 Å². The van der Waals surface area contributed by atoms with Crippen LogP contribution in [0.25, 0.3) is 0 Å². The fourth-order valence-electron chi connectivity index (χ4n) is 4.36. The summed E-state index contributed by atoms with van der Waals surface area (Å²) in [4.78, 5) is 37.3. The lowest BCUT2D eigenvalue weighted by molar-refractivity contribution is -0.147. The SMILES string of the molecule is COC[C@@H](C(=O)C(=O)NC1CC1)C1(C(N)=O)NCC2CCCC21. The zero-order chi connectivity index (χ0) is 16.6. The number of hydrogen-bond acceptors (Lipinski definition) is 5. The molecule has 128 valence electrons. The van der Waals surface area contributed by atoms with E-state index in [0.29, 0.717) is 12.5 Å². The van der Waals surface area contributed by atoms with E-state index in [4.69, 9.17) is 10.5 Å². The van der Waals surface area contributed by atoms with Gasteiger partial charge in [0.2, 0.25) is 11.7 Å². The molecule has 1 heterocycles. The second-order valence-corrected chi connectivity index (χ2v) is 7.03. The number of nitrogens with two attached hydrogens (primary N) is 1. The number of hydrogen-bond donors (Lipinski definition) is 3. The predicted molar refractivity (Wildman–Crippen MR) is 82.3 cm³/mol. The lowest BCUT2D eigenvalue weighted by Crippen LogP contribution is -2.65. The van der Waals surface area contributed by atoms with E-state index in [-0.39, 0.29) is 18.6 Å². The highest BCUT2D eigenvalue weighted by Crippen LogP contribution is 2.47. The molecule has 0 aromatic rings. The van der Waals surface area contributed by atoms with Gasteiger partial charge >= 0.3 is 0 Å². The largest absolute Gasteiger partial charge is 0.384 e. The minimum absolute atomic E-state index is 0.00201. The lowest BCUT2D eigenvalue weighted by atomic mass is 9.70. The Kier molecular flexibility index (Phi) is 4.42. The maximum atomic E-state index is 12.7. The minimum atomic E-state index is -1.17. The van der Waals surface area contributed by atoms with Crippen LogP contribution in [0.1, 0.15) is 32.1 Å². The Balaban J connectivity index is 1.88. The molecule has 1 aliphatic heterocycles. The molecule has 3 aliphatic rings. The molecule has 23 heavy (non-hydrogen) atoms. The molecule has 7 nitrogen and oxygen atoms in total. The molecule has 7 heteroatoms. The van der Waals surface area contributed by atoms with Gasteiger partial charge in [0.1, 0.15) is 5.54 Å². The summed E-state index contributed by atoms with van der Waals surface area (Å²) >= 11 is 0. The van der Waals surface area contributed by atoms with Crippen LogP contribution in [0, 0.1) is 17.8 Å². The first kappa shape index (κ1) is 16.4. The quantitative estimate of drug-likeness (QED) is 0.539.